The van der Waals surface area contributed by atoms with Crippen molar-refractivity contribution < 1.29 is 14.2 Å². The van der Waals surface area contributed by atoms with Crippen LogP contribution in [0.1, 0.15) is 18.2 Å². The molecule has 1 heterocycles. The molecule has 0 spiro atoms. The summed E-state index contributed by atoms with van der Waals surface area (Å²) in [6, 6.07) is 21.3. The number of rotatable bonds is 11. The zero-order valence-electron chi connectivity index (χ0n) is 19.0. The van der Waals surface area contributed by atoms with Crippen LogP contribution in [0.25, 0.3) is 0 Å². The van der Waals surface area contributed by atoms with Gasteiger partial charge >= 0.3 is 0 Å². The third-order valence-corrected chi connectivity index (χ3v) is 4.50. The molecular weight excluding hydrogens is 531 g/mol. The molecule has 0 atom stereocenters. The summed E-state index contributed by atoms with van der Waals surface area (Å²) in [4.78, 5) is 8.94. The van der Waals surface area contributed by atoms with Crippen LogP contribution in [-0.4, -0.2) is 37.7 Å². The lowest BCUT2D eigenvalue weighted by Gasteiger charge is -2.12. The second kappa shape index (κ2) is 14.9. The van der Waals surface area contributed by atoms with Crippen LogP contribution >= 0.6 is 24.0 Å². The van der Waals surface area contributed by atoms with Gasteiger partial charge in [-0.15, -0.1) is 24.0 Å². The van der Waals surface area contributed by atoms with Crippen LogP contribution in [0.15, 0.2) is 77.9 Å². The maximum Gasteiger partial charge on any atom is 0.191 e. The minimum atomic E-state index is 0. The Labute approximate surface area is 212 Å². The molecule has 0 amide bonds. The van der Waals surface area contributed by atoms with E-state index in [-0.39, 0.29) is 24.0 Å². The minimum absolute atomic E-state index is 0. The fourth-order valence-electron chi connectivity index (χ4n) is 2.90. The first-order valence-corrected chi connectivity index (χ1v) is 10.7. The van der Waals surface area contributed by atoms with E-state index in [2.05, 4.69) is 20.6 Å². The van der Waals surface area contributed by atoms with Crippen LogP contribution in [0.5, 0.6) is 17.2 Å². The van der Waals surface area contributed by atoms with Crippen molar-refractivity contribution in [3.63, 3.8) is 0 Å². The summed E-state index contributed by atoms with van der Waals surface area (Å²) in [6.07, 6.45) is 1.77. The van der Waals surface area contributed by atoms with Crippen molar-refractivity contribution in [2.75, 3.05) is 26.8 Å². The molecule has 2 N–H and O–H groups in total. The van der Waals surface area contributed by atoms with Crippen LogP contribution in [0, 0.1) is 0 Å². The number of pyridine rings is 1. The van der Waals surface area contributed by atoms with E-state index in [1.165, 1.54) is 0 Å². The Morgan fingerprint density at radius 1 is 0.909 bits per heavy atom. The van der Waals surface area contributed by atoms with E-state index in [4.69, 9.17) is 14.2 Å². The second-order valence-electron chi connectivity index (χ2n) is 6.90. The van der Waals surface area contributed by atoms with Gasteiger partial charge in [0.1, 0.15) is 30.5 Å². The van der Waals surface area contributed by atoms with E-state index in [0.29, 0.717) is 26.3 Å². The van der Waals surface area contributed by atoms with Crippen molar-refractivity contribution in [2.45, 2.75) is 20.1 Å². The first kappa shape index (κ1) is 26.2. The Hall–Kier alpha value is -3.01. The summed E-state index contributed by atoms with van der Waals surface area (Å²) in [5, 5.41) is 6.55. The van der Waals surface area contributed by atoms with Crippen molar-refractivity contribution in [2.24, 2.45) is 4.99 Å². The highest BCUT2D eigenvalue weighted by Gasteiger charge is 2.01. The fourth-order valence-corrected chi connectivity index (χ4v) is 2.90. The number of nitrogens with zero attached hydrogens (tertiary/aromatic N) is 2. The number of hydrogen-bond acceptors (Lipinski definition) is 5. The van der Waals surface area contributed by atoms with E-state index in [9.17, 15) is 0 Å². The summed E-state index contributed by atoms with van der Waals surface area (Å²) in [5.41, 5.74) is 1.96. The minimum Gasteiger partial charge on any atom is -0.497 e. The molecule has 176 valence electrons. The number of halogens is 1. The van der Waals surface area contributed by atoms with Gasteiger partial charge in [0.2, 0.25) is 0 Å². The van der Waals surface area contributed by atoms with Crippen molar-refractivity contribution in [1.82, 2.24) is 15.6 Å². The van der Waals surface area contributed by atoms with Crippen molar-refractivity contribution in [3.8, 4) is 17.2 Å². The Morgan fingerprint density at radius 2 is 1.73 bits per heavy atom. The highest BCUT2D eigenvalue weighted by Crippen LogP contribution is 2.17. The standard InChI is InChI=1S/C25H30N4O3.HI/c1-3-26-25(28-15-16-31-23-12-10-22(30-2)11-13-23)29-18-20-7-6-9-24(17-20)32-19-21-8-4-5-14-27-21;/h4-14,17H,3,15-16,18-19H2,1-2H3,(H2,26,28,29);1H. The quantitative estimate of drug-likeness (QED) is 0.156. The topological polar surface area (TPSA) is 77.0 Å². The first-order chi connectivity index (χ1) is 15.8. The molecule has 0 saturated carbocycles. The van der Waals surface area contributed by atoms with Gasteiger partial charge in [0.25, 0.3) is 0 Å². The summed E-state index contributed by atoms with van der Waals surface area (Å²) >= 11 is 0. The van der Waals surface area contributed by atoms with E-state index in [0.717, 1.165) is 41.0 Å². The fraction of sp³-hybridized carbons (Fsp3) is 0.280. The molecule has 3 rings (SSSR count). The molecule has 0 aliphatic rings. The van der Waals surface area contributed by atoms with Gasteiger partial charge < -0.3 is 24.8 Å². The van der Waals surface area contributed by atoms with Gasteiger partial charge in [-0.25, -0.2) is 4.99 Å². The molecule has 7 nitrogen and oxygen atoms in total. The van der Waals surface area contributed by atoms with Crippen LogP contribution in [0.2, 0.25) is 0 Å². The average molecular weight is 562 g/mol. The molecule has 0 fully saturated rings. The van der Waals surface area contributed by atoms with Gasteiger partial charge in [-0.05, 0) is 61.0 Å². The summed E-state index contributed by atoms with van der Waals surface area (Å²) in [7, 11) is 1.65. The Kier molecular flexibility index (Phi) is 11.9. The normalized spacial score (nSPS) is 10.7. The first-order valence-electron chi connectivity index (χ1n) is 10.7. The number of aromatic nitrogens is 1. The number of hydrogen-bond donors (Lipinski definition) is 2. The summed E-state index contributed by atoms with van der Waals surface area (Å²) in [6.45, 7) is 4.94. The monoisotopic (exact) mass is 562 g/mol. The molecule has 0 radical (unpaired) electrons. The highest BCUT2D eigenvalue weighted by atomic mass is 127. The van der Waals surface area contributed by atoms with Gasteiger partial charge in [0.15, 0.2) is 5.96 Å². The van der Waals surface area contributed by atoms with Crippen LogP contribution in [-0.2, 0) is 13.2 Å². The highest BCUT2D eigenvalue weighted by molar-refractivity contribution is 14.0. The molecule has 0 saturated heterocycles. The van der Waals surface area contributed by atoms with E-state index < -0.39 is 0 Å². The predicted octanol–water partition coefficient (Wildman–Crippen LogP) is 4.42. The molecule has 0 aliphatic carbocycles. The molecule has 0 bridgehead atoms. The largest absolute Gasteiger partial charge is 0.497 e. The maximum atomic E-state index is 5.86. The predicted molar refractivity (Wildman–Crippen MR) is 142 cm³/mol. The third-order valence-electron chi connectivity index (χ3n) is 4.50. The lowest BCUT2D eigenvalue weighted by molar-refractivity contribution is 0.301. The molecule has 33 heavy (non-hydrogen) atoms. The zero-order chi connectivity index (χ0) is 22.4. The molecule has 0 aliphatic heterocycles. The number of guanidine groups is 1. The van der Waals surface area contributed by atoms with Crippen molar-refractivity contribution in [1.29, 1.82) is 0 Å². The molecule has 1 aromatic heterocycles. The Balaban J connectivity index is 0.00000385. The van der Waals surface area contributed by atoms with Crippen LogP contribution < -0.4 is 24.8 Å². The van der Waals surface area contributed by atoms with Crippen LogP contribution in [0.3, 0.4) is 0 Å². The summed E-state index contributed by atoms with van der Waals surface area (Å²) in [5.74, 6) is 3.15. The number of nitrogens with one attached hydrogen (secondary N) is 2. The summed E-state index contributed by atoms with van der Waals surface area (Å²) < 4.78 is 16.8. The molecule has 3 aromatic rings. The SMILES string of the molecule is CCNC(=NCc1cccc(OCc2ccccn2)c1)NCCOc1ccc(OC)cc1.I. The van der Waals surface area contributed by atoms with Crippen LogP contribution in [0.4, 0.5) is 0 Å². The lowest BCUT2D eigenvalue weighted by atomic mass is 10.2. The number of aliphatic imine (C=N–C) groups is 1. The Morgan fingerprint density at radius 3 is 2.45 bits per heavy atom. The molecule has 8 heteroatoms. The second-order valence-corrected chi connectivity index (χ2v) is 6.90. The average Bonchev–Trinajstić information content (AvgIpc) is 2.85. The smallest absolute Gasteiger partial charge is 0.191 e. The maximum absolute atomic E-state index is 5.86. The molecular formula is C25H31IN4O3. The number of methoxy groups -OCH3 is 1. The van der Waals surface area contributed by atoms with Gasteiger partial charge in [0.05, 0.1) is 25.9 Å². The van der Waals surface area contributed by atoms with Gasteiger partial charge in [-0.2, -0.15) is 0 Å². The van der Waals surface area contributed by atoms with Crippen molar-refractivity contribution in [3.05, 3.63) is 84.2 Å². The van der Waals surface area contributed by atoms with Gasteiger partial charge in [-0.1, -0.05) is 18.2 Å². The lowest BCUT2D eigenvalue weighted by Crippen LogP contribution is -2.39. The van der Waals surface area contributed by atoms with Crippen molar-refractivity contribution >= 4 is 29.9 Å². The van der Waals surface area contributed by atoms with E-state index in [1.807, 2.05) is 73.7 Å². The molecule has 0 unspecified atom stereocenters. The van der Waals surface area contributed by atoms with E-state index >= 15 is 0 Å². The third kappa shape index (κ3) is 9.56. The van der Waals surface area contributed by atoms with Gasteiger partial charge in [0, 0.05) is 12.7 Å². The van der Waals surface area contributed by atoms with Gasteiger partial charge in [-0.3, -0.25) is 4.98 Å². The zero-order valence-corrected chi connectivity index (χ0v) is 21.3. The van der Waals surface area contributed by atoms with E-state index in [1.54, 1.807) is 13.3 Å². The Bertz CT molecular complexity index is 969. The number of benzene rings is 2. The number of ether oxygens (including phenoxy) is 3. The molecule has 2 aromatic carbocycles.